The number of imidazole rings is 2. The van der Waals surface area contributed by atoms with Gasteiger partial charge in [-0.2, -0.15) is 4.98 Å². The van der Waals surface area contributed by atoms with Gasteiger partial charge in [-0.1, -0.05) is 30.3 Å². The van der Waals surface area contributed by atoms with E-state index < -0.39 is 11.7 Å². The third-order valence-corrected chi connectivity index (χ3v) is 7.09. The van der Waals surface area contributed by atoms with Crippen molar-refractivity contribution in [2.45, 2.75) is 20.0 Å². The Morgan fingerprint density at radius 3 is 2.10 bits per heavy atom. The zero-order chi connectivity index (χ0) is 29.4. The molecule has 0 fully saturated rings. The third kappa shape index (κ3) is 4.92. The van der Waals surface area contributed by atoms with E-state index in [-0.39, 0.29) is 12.1 Å². The van der Waals surface area contributed by atoms with Gasteiger partial charge >= 0.3 is 11.7 Å². The van der Waals surface area contributed by atoms with Crippen LogP contribution in [-0.4, -0.2) is 54.4 Å². The summed E-state index contributed by atoms with van der Waals surface area (Å²) in [5, 5.41) is 9.54. The van der Waals surface area contributed by atoms with Crippen LogP contribution >= 0.6 is 0 Å². The zero-order valence-corrected chi connectivity index (χ0v) is 23.1. The minimum atomic E-state index is -1.02. The fourth-order valence-corrected chi connectivity index (χ4v) is 4.85. The maximum atomic E-state index is 13.2. The van der Waals surface area contributed by atoms with Crippen molar-refractivity contribution < 1.29 is 19.4 Å². The Labute approximate surface area is 240 Å². The molecule has 0 radical (unpaired) electrons. The Morgan fingerprint density at radius 1 is 0.857 bits per heavy atom. The lowest BCUT2D eigenvalue weighted by Gasteiger charge is -2.07. The molecule has 2 aliphatic rings. The van der Waals surface area contributed by atoms with Crippen LogP contribution in [0.25, 0.3) is 34.1 Å². The fraction of sp³-hybridized carbons (Fsp3) is 0.161. The number of carboxylic acid groups (broad SMARTS) is 1. The molecule has 0 atom stereocenters. The largest absolute Gasteiger partial charge is 0.497 e. The van der Waals surface area contributed by atoms with Crippen molar-refractivity contribution in [3.63, 3.8) is 0 Å². The van der Waals surface area contributed by atoms with Gasteiger partial charge < -0.3 is 19.1 Å². The zero-order valence-electron chi connectivity index (χ0n) is 23.1. The number of nitrogens with zero attached hydrogens (tertiary/aromatic N) is 6. The van der Waals surface area contributed by atoms with Crippen LogP contribution in [-0.2, 0) is 13.1 Å². The number of aromatic carboxylic acids is 1. The molecule has 0 amide bonds. The highest BCUT2D eigenvalue weighted by Gasteiger charge is 2.24. The van der Waals surface area contributed by atoms with Crippen molar-refractivity contribution in [2.75, 3.05) is 14.2 Å². The summed E-state index contributed by atoms with van der Waals surface area (Å²) >= 11 is 0. The smallest absolute Gasteiger partial charge is 0.350 e. The van der Waals surface area contributed by atoms with Crippen LogP contribution in [0.3, 0.4) is 0 Å². The van der Waals surface area contributed by atoms with Gasteiger partial charge in [0.25, 0.3) is 0 Å². The summed E-state index contributed by atoms with van der Waals surface area (Å²) in [6, 6.07) is 20.0. The van der Waals surface area contributed by atoms with Crippen molar-refractivity contribution in [3.05, 3.63) is 106 Å². The number of rotatable bonds is 8. The van der Waals surface area contributed by atoms with Gasteiger partial charge in [0.1, 0.15) is 22.7 Å². The first-order valence-corrected chi connectivity index (χ1v) is 13.1. The molecule has 1 aromatic heterocycles. The molecule has 3 heterocycles. The first-order valence-electron chi connectivity index (χ1n) is 13.1. The molecule has 1 N–H and O–H groups in total. The minimum Gasteiger partial charge on any atom is -0.497 e. The minimum absolute atomic E-state index is 0.185. The molecule has 2 aliphatic heterocycles. The third-order valence-electron chi connectivity index (χ3n) is 7.09. The average Bonchev–Trinajstić information content (AvgIpc) is 3.47. The second-order valence-corrected chi connectivity index (χ2v) is 9.78. The predicted octanol–water partition coefficient (Wildman–Crippen LogP) is 4.28. The van der Waals surface area contributed by atoms with Gasteiger partial charge in [0.15, 0.2) is 17.3 Å². The normalized spacial score (nSPS) is 11.2. The highest BCUT2D eigenvalue weighted by atomic mass is 16.5. The molecule has 0 spiro atoms. The van der Waals surface area contributed by atoms with Crippen molar-refractivity contribution in [3.8, 4) is 34.4 Å². The van der Waals surface area contributed by atoms with Crippen molar-refractivity contribution >= 4 is 17.1 Å². The number of ether oxygens (including phenoxy) is 2. The van der Waals surface area contributed by atoms with E-state index in [1.807, 2.05) is 53.1 Å². The van der Waals surface area contributed by atoms with Gasteiger partial charge in [-0.05, 0) is 60.0 Å². The van der Waals surface area contributed by atoms with Crippen LogP contribution in [0.15, 0.2) is 77.9 Å². The fourth-order valence-electron chi connectivity index (χ4n) is 4.85. The number of hydrogen-bond donors (Lipinski definition) is 1. The lowest BCUT2D eigenvalue weighted by Crippen LogP contribution is -2.18. The summed E-state index contributed by atoms with van der Waals surface area (Å²) in [6.45, 7) is 2.39. The van der Waals surface area contributed by atoms with Crippen LogP contribution in [0.1, 0.15) is 27.0 Å². The number of fused-ring (bicyclic) bond motifs is 3. The van der Waals surface area contributed by atoms with Crippen LogP contribution < -0.4 is 15.2 Å². The summed E-state index contributed by atoms with van der Waals surface area (Å²) < 4.78 is 13.9. The van der Waals surface area contributed by atoms with Crippen molar-refractivity contribution in [2.24, 2.45) is 0 Å². The molecule has 3 aromatic carbocycles. The summed E-state index contributed by atoms with van der Waals surface area (Å²) in [4.78, 5) is 43.6. The van der Waals surface area contributed by atoms with E-state index in [0.29, 0.717) is 51.9 Å². The second kappa shape index (κ2) is 10.8. The number of aryl methyl sites for hydroxylation is 1. The molecule has 0 saturated heterocycles. The molecule has 0 bridgehead atoms. The SMILES string of the molecule is COc1ccc(Cn2c3nc(-c4ccc(C(=O)O)c(C)c4)nc4c(ncn4Cc4ccc(OC)cc4)c-3nc2=O)cc1. The van der Waals surface area contributed by atoms with Crippen LogP contribution in [0, 0.1) is 6.92 Å². The summed E-state index contributed by atoms with van der Waals surface area (Å²) in [6.07, 6.45) is 1.66. The monoisotopic (exact) mass is 562 g/mol. The Kier molecular flexibility index (Phi) is 6.83. The van der Waals surface area contributed by atoms with E-state index in [0.717, 1.165) is 16.9 Å². The quantitative estimate of drug-likeness (QED) is 0.288. The average molecular weight is 563 g/mol. The summed E-state index contributed by atoms with van der Waals surface area (Å²) in [5.41, 5.74) is 3.97. The van der Waals surface area contributed by atoms with Gasteiger partial charge in [-0.25, -0.2) is 24.5 Å². The molecule has 4 aromatic rings. The summed E-state index contributed by atoms with van der Waals surface area (Å²) in [5.74, 6) is 1.06. The number of benzene rings is 3. The maximum absolute atomic E-state index is 13.2. The number of carboxylic acids is 1. The molecule has 11 heteroatoms. The van der Waals surface area contributed by atoms with Gasteiger partial charge in [0.05, 0.1) is 39.2 Å². The van der Waals surface area contributed by atoms with E-state index in [1.54, 1.807) is 39.6 Å². The van der Waals surface area contributed by atoms with Gasteiger partial charge in [-0.3, -0.25) is 4.57 Å². The number of aromatic nitrogens is 6. The lowest BCUT2D eigenvalue weighted by molar-refractivity contribution is 0.0696. The van der Waals surface area contributed by atoms with E-state index in [2.05, 4.69) is 9.97 Å². The molecule has 210 valence electrons. The number of carbonyl (C=O) groups is 1. The van der Waals surface area contributed by atoms with Crippen LogP contribution in [0.5, 0.6) is 11.5 Å². The Morgan fingerprint density at radius 2 is 1.50 bits per heavy atom. The van der Waals surface area contributed by atoms with E-state index >= 15 is 0 Å². The standard InChI is InChI=1S/C31H26N6O5/c1-18-14-21(8-13-24(18)30(38)39)27-34-28-25(32-17-36(28)15-19-4-9-22(41-2)10-5-19)26-29(35-27)37(31(40)33-26)16-20-6-11-23(42-3)12-7-20/h4-14,17H,15-16H2,1-3H3,(H,38,39). The number of hydrogen-bond acceptors (Lipinski definition) is 8. The van der Waals surface area contributed by atoms with E-state index in [1.165, 1.54) is 10.6 Å². The number of methoxy groups -OCH3 is 2. The predicted molar refractivity (Wildman–Crippen MR) is 155 cm³/mol. The van der Waals surface area contributed by atoms with Gasteiger partial charge in [0, 0.05) is 5.56 Å². The highest BCUT2D eigenvalue weighted by molar-refractivity contribution is 5.90. The van der Waals surface area contributed by atoms with E-state index in [4.69, 9.17) is 19.4 Å². The topological polar surface area (TPSA) is 134 Å². The molecular weight excluding hydrogens is 536 g/mol. The summed E-state index contributed by atoms with van der Waals surface area (Å²) in [7, 11) is 3.21. The lowest BCUT2D eigenvalue weighted by atomic mass is 10.0. The highest BCUT2D eigenvalue weighted by Crippen LogP contribution is 2.29. The van der Waals surface area contributed by atoms with Crippen LogP contribution in [0.2, 0.25) is 0 Å². The Bertz CT molecular complexity index is 1960. The molecule has 0 aliphatic carbocycles. The first-order chi connectivity index (χ1) is 20.3. The van der Waals surface area contributed by atoms with Crippen molar-refractivity contribution in [1.82, 2.24) is 29.1 Å². The molecule has 42 heavy (non-hydrogen) atoms. The second-order valence-electron chi connectivity index (χ2n) is 9.78. The van der Waals surface area contributed by atoms with Crippen LogP contribution in [0.4, 0.5) is 0 Å². The Hall–Kier alpha value is -5.58. The molecule has 11 nitrogen and oxygen atoms in total. The van der Waals surface area contributed by atoms with Gasteiger partial charge in [0.2, 0.25) is 0 Å². The maximum Gasteiger partial charge on any atom is 0.350 e. The van der Waals surface area contributed by atoms with Gasteiger partial charge in [-0.15, -0.1) is 0 Å². The van der Waals surface area contributed by atoms with Crippen molar-refractivity contribution in [1.29, 1.82) is 0 Å². The molecule has 0 unspecified atom stereocenters. The molecular formula is C31H26N6O5. The molecule has 0 saturated carbocycles. The molecule has 6 rings (SSSR count). The van der Waals surface area contributed by atoms with E-state index in [9.17, 15) is 14.7 Å². The Balaban J connectivity index is 1.54. The first kappa shape index (κ1) is 26.6.